The molecule has 0 fully saturated rings. The molecule has 0 radical (unpaired) electrons. The molecule has 0 saturated carbocycles. The molecule has 0 aliphatic carbocycles. The first-order valence-corrected chi connectivity index (χ1v) is 9.88. The Balaban J connectivity index is 2.11. The Morgan fingerprint density at radius 1 is 1.24 bits per heavy atom. The number of nitrogens with one attached hydrogen (secondary N) is 1. The van der Waals surface area contributed by atoms with Crippen molar-refractivity contribution in [1.82, 2.24) is 9.97 Å². The summed E-state index contributed by atoms with van der Waals surface area (Å²) in [5.74, 6) is 3.85. The summed E-state index contributed by atoms with van der Waals surface area (Å²) in [5.41, 5.74) is 1.25. The minimum absolute atomic E-state index is 0.867. The molecule has 0 aliphatic heterocycles. The SMILES string of the molecule is CCNc1nc(CSCC)nc2scc(-c3cccs3)c12. The number of thioether (sulfide) groups is 1. The molecule has 0 bridgehead atoms. The van der Waals surface area contributed by atoms with Gasteiger partial charge in [0, 0.05) is 22.4 Å². The zero-order valence-electron chi connectivity index (χ0n) is 12.0. The highest BCUT2D eigenvalue weighted by atomic mass is 32.2. The molecular formula is C15H17N3S3. The minimum atomic E-state index is 0.867. The van der Waals surface area contributed by atoms with Gasteiger partial charge < -0.3 is 5.32 Å². The van der Waals surface area contributed by atoms with E-state index in [-0.39, 0.29) is 0 Å². The van der Waals surface area contributed by atoms with E-state index in [1.165, 1.54) is 10.4 Å². The van der Waals surface area contributed by atoms with Crippen molar-refractivity contribution in [2.24, 2.45) is 0 Å². The molecular weight excluding hydrogens is 318 g/mol. The zero-order chi connectivity index (χ0) is 14.7. The van der Waals surface area contributed by atoms with Gasteiger partial charge in [-0.25, -0.2) is 9.97 Å². The summed E-state index contributed by atoms with van der Waals surface area (Å²) in [4.78, 5) is 11.8. The molecule has 6 heteroatoms. The number of hydrogen-bond donors (Lipinski definition) is 1. The fraction of sp³-hybridized carbons (Fsp3) is 0.333. The van der Waals surface area contributed by atoms with Gasteiger partial charge in [-0.3, -0.25) is 0 Å². The lowest BCUT2D eigenvalue weighted by Crippen LogP contribution is -2.03. The number of rotatable bonds is 6. The highest BCUT2D eigenvalue weighted by Crippen LogP contribution is 2.39. The number of nitrogens with zero attached hydrogens (tertiary/aromatic N) is 2. The van der Waals surface area contributed by atoms with Gasteiger partial charge in [0.25, 0.3) is 0 Å². The Bertz CT molecular complexity index is 719. The van der Waals surface area contributed by atoms with Gasteiger partial charge in [0.15, 0.2) is 0 Å². The summed E-state index contributed by atoms with van der Waals surface area (Å²) in [6, 6.07) is 4.24. The third-order valence-corrected chi connectivity index (χ3v) is 5.69. The topological polar surface area (TPSA) is 37.8 Å². The molecule has 3 aromatic rings. The van der Waals surface area contributed by atoms with E-state index in [2.05, 4.69) is 42.1 Å². The van der Waals surface area contributed by atoms with Gasteiger partial charge in [-0.15, -0.1) is 22.7 Å². The maximum Gasteiger partial charge on any atom is 0.142 e. The second-order valence-electron chi connectivity index (χ2n) is 4.46. The maximum atomic E-state index is 4.74. The van der Waals surface area contributed by atoms with Crippen LogP contribution in [0.5, 0.6) is 0 Å². The van der Waals surface area contributed by atoms with Crippen molar-refractivity contribution in [2.75, 3.05) is 17.6 Å². The summed E-state index contributed by atoms with van der Waals surface area (Å²) in [6.07, 6.45) is 0. The molecule has 0 aliphatic rings. The van der Waals surface area contributed by atoms with Crippen molar-refractivity contribution in [1.29, 1.82) is 0 Å². The Morgan fingerprint density at radius 3 is 2.86 bits per heavy atom. The van der Waals surface area contributed by atoms with E-state index < -0.39 is 0 Å². The molecule has 3 heterocycles. The van der Waals surface area contributed by atoms with Gasteiger partial charge in [0.05, 0.1) is 11.1 Å². The lowest BCUT2D eigenvalue weighted by Gasteiger charge is -2.08. The van der Waals surface area contributed by atoms with E-state index in [4.69, 9.17) is 9.97 Å². The number of aromatic nitrogens is 2. The predicted octanol–water partition coefficient (Wildman–Crippen LogP) is 5.10. The van der Waals surface area contributed by atoms with E-state index >= 15 is 0 Å². The van der Waals surface area contributed by atoms with Crippen LogP contribution in [0.15, 0.2) is 22.9 Å². The van der Waals surface area contributed by atoms with Crippen LogP contribution in [0.25, 0.3) is 20.7 Å². The second kappa shape index (κ2) is 6.77. The number of anilines is 1. The highest BCUT2D eigenvalue weighted by Gasteiger charge is 2.15. The van der Waals surface area contributed by atoms with Gasteiger partial charge in [-0.05, 0) is 24.1 Å². The largest absolute Gasteiger partial charge is 0.370 e. The fourth-order valence-corrected chi connectivity index (χ4v) is 4.45. The molecule has 0 unspecified atom stereocenters. The van der Waals surface area contributed by atoms with Crippen LogP contribution < -0.4 is 5.32 Å². The van der Waals surface area contributed by atoms with Crippen molar-refractivity contribution in [3.63, 3.8) is 0 Å². The summed E-state index contributed by atoms with van der Waals surface area (Å²) < 4.78 is 0. The lowest BCUT2D eigenvalue weighted by molar-refractivity contribution is 1.06. The first-order valence-electron chi connectivity index (χ1n) is 6.97. The van der Waals surface area contributed by atoms with Crippen molar-refractivity contribution in [3.05, 3.63) is 28.7 Å². The third kappa shape index (κ3) is 3.07. The van der Waals surface area contributed by atoms with Crippen LogP contribution in [-0.4, -0.2) is 22.3 Å². The van der Waals surface area contributed by atoms with E-state index in [1.54, 1.807) is 22.7 Å². The molecule has 0 aromatic carbocycles. The first-order chi connectivity index (χ1) is 10.3. The molecule has 0 spiro atoms. The average molecular weight is 336 g/mol. The van der Waals surface area contributed by atoms with Gasteiger partial charge in [-0.2, -0.15) is 11.8 Å². The Labute approximate surface area is 136 Å². The number of fused-ring (bicyclic) bond motifs is 1. The van der Waals surface area contributed by atoms with Gasteiger partial charge in [0.2, 0.25) is 0 Å². The van der Waals surface area contributed by atoms with Gasteiger partial charge >= 0.3 is 0 Å². The predicted molar refractivity (Wildman–Crippen MR) is 96.7 cm³/mol. The van der Waals surface area contributed by atoms with Crippen LogP contribution in [0.4, 0.5) is 5.82 Å². The second-order valence-corrected chi connectivity index (χ2v) is 7.54. The maximum absolute atomic E-state index is 4.74. The third-order valence-electron chi connectivity index (χ3n) is 3.05. The van der Waals surface area contributed by atoms with Crippen LogP contribution in [0.1, 0.15) is 19.7 Å². The monoisotopic (exact) mass is 335 g/mol. The van der Waals surface area contributed by atoms with Crippen molar-refractivity contribution in [2.45, 2.75) is 19.6 Å². The Hall–Kier alpha value is -1.11. The number of thiophene rings is 2. The van der Waals surface area contributed by atoms with Crippen LogP contribution in [0, 0.1) is 0 Å². The van der Waals surface area contributed by atoms with Crippen LogP contribution >= 0.6 is 34.4 Å². The standard InChI is InChI=1S/C15H17N3S3/c1-3-16-14-13-10(11-6-5-7-20-11)8-21-15(13)18-12(17-14)9-19-4-2/h5-8H,3-4,9H2,1-2H3,(H,16,17,18). The average Bonchev–Trinajstić information content (AvgIpc) is 3.14. The lowest BCUT2D eigenvalue weighted by atomic mass is 10.2. The Kier molecular flexibility index (Phi) is 4.77. The van der Waals surface area contributed by atoms with Crippen LogP contribution in [0.2, 0.25) is 0 Å². The molecule has 0 saturated heterocycles. The molecule has 3 aromatic heterocycles. The molecule has 21 heavy (non-hydrogen) atoms. The van der Waals surface area contributed by atoms with E-state index in [9.17, 15) is 0 Å². The quantitative estimate of drug-likeness (QED) is 0.679. The van der Waals surface area contributed by atoms with Gasteiger partial charge in [-0.1, -0.05) is 13.0 Å². The fourth-order valence-electron chi connectivity index (χ4n) is 2.15. The summed E-state index contributed by atoms with van der Waals surface area (Å²) in [5, 5.41) is 8.88. The molecule has 1 N–H and O–H groups in total. The van der Waals surface area contributed by atoms with Gasteiger partial charge in [0.1, 0.15) is 16.5 Å². The van der Waals surface area contributed by atoms with E-state index in [0.29, 0.717) is 0 Å². The Morgan fingerprint density at radius 2 is 2.14 bits per heavy atom. The molecule has 3 nitrogen and oxygen atoms in total. The zero-order valence-corrected chi connectivity index (χ0v) is 14.5. The van der Waals surface area contributed by atoms with Crippen molar-refractivity contribution >= 4 is 50.5 Å². The van der Waals surface area contributed by atoms with Crippen molar-refractivity contribution < 1.29 is 0 Å². The summed E-state index contributed by atoms with van der Waals surface area (Å²) >= 11 is 5.32. The summed E-state index contributed by atoms with van der Waals surface area (Å²) in [7, 11) is 0. The van der Waals surface area contributed by atoms with Crippen LogP contribution in [0.3, 0.4) is 0 Å². The molecule has 3 rings (SSSR count). The first kappa shape index (κ1) is 14.8. The summed E-state index contributed by atoms with van der Waals surface area (Å²) in [6.45, 7) is 5.13. The van der Waals surface area contributed by atoms with Crippen molar-refractivity contribution in [3.8, 4) is 10.4 Å². The van der Waals surface area contributed by atoms with Crippen LogP contribution in [-0.2, 0) is 5.75 Å². The highest BCUT2D eigenvalue weighted by molar-refractivity contribution is 7.98. The normalized spacial score (nSPS) is 11.1. The molecule has 0 amide bonds. The number of hydrogen-bond acceptors (Lipinski definition) is 6. The smallest absolute Gasteiger partial charge is 0.142 e. The van der Waals surface area contributed by atoms with E-state index in [1.807, 2.05) is 11.8 Å². The minimum Gasteiger partial charge on any atom is -0.370 e. The van der Waals surface area contributed by atoms with E-state index in [0.717, 1.165) is 39.9 Å². The molecule has 110 valence electrons. The molecule has 0 atom stereocenters.